The Morgan fingerprint density at radius 2 is 1.81 bits per heavy atom. The van der Waals surface area contributed by atoms with Gasteiger partial charge in [0.05, 0.1) is 27.8 Å². The number of hydrogen-bond acceptors (Lipinski definition) is 8. The van der Waals surface area contributed by atoms with E-state index in [1.807, 2.05) is 39.1 Å². The van der Waals surface area contributed by atoms with E-state index in [1.54, 1.807) is 18.2 Å². The molecule has 1 saturated heterocycles. The molecule has 6 rings (SSSR count). The van der Waals surface area contributed by atoms with Gasteiger partial charge >= 0.3 is 0 Å². The van der Waals surface area contributed by atoms with Crippen molar-refractivity contribution in [3.63, 3.8) is 0 Å². The van der Waals surface area contributed by atoms with Gasteiger partial charge in [-0.2, -0.15) is 0 Å². The maximum absolute atomic E-state index is 13.3. The number of aryl methyl sites for hydroxylation is 2. The molecule has 0 unspecified atom stereocenters. The van der Waals surface area contributed by atoms with E-state index in [2.05, 4.69) is 25.2 Å². The van der Waals surface area contributed by atoms with Crippen LogP contribution < -0.4 is 15.6 Å². The number of hydrogen-bond donors (Lipinski definition) is 4. The first-order chi connectivity index (χ1) is 20.2. The van der Waals surface area contributed by atoms with Gasteiger partial charge in [-0.1, -0.05) is 17.7 Å². The van der Waals surface area contributed by atoms with Crippen molar-refractivity contribution in [1.82, 2.24) is 24.8 Å². The number of fused-ring (bicyclic) bond motifs is 2. The molecule has 4 N–H and O–H groups in total. The second-order valence-electron chi connectivity index (χ2n) is 11.2. The third kappa shape index (κ3) is 5.17. The number of nitrogens with zero attached hydrogens (tertiary/aromatic N) is 3. The van der Waals surface area contributed by atoms with E-state index in [9.17, 15) is 19.5 Å². The molecule has 0 saturated carbocycles. The molecule has 2 aliphatic heterocycles. The minimum Gasteiger partial charge on any atom is -0.491 e. The summed E-state index contributed by atoms with van der Waals surface area (Å²) in [4.78, 5) is 53.6. The number of aliphatic hydroxyl groups excluding tert-OH is 1. The van der Waals surface area contributed by atoms with Crippen LogP contribution in [0, 0.1) is 13.8 Å². The molecule has 4 heterocycles. The van der Waals surface area contributed by atoms with E-state index in [-0.39, 0.29) is 48.0 Å². The maximum Gasteiger partial charge on any atom is 0.261 e. The average Bonchev–Trinajstić information content (AvgIpc) is 3.48. The van der Waals surface area contributed by atoms with Crippen molar-refractivity contribution in [3.05, 3.63) is 75.2 Å². The molecule has 0 aliphatic carbocycles. The number of imidazole rings is 1. The standard InChI is InChI=1S/C31H34N6O5/c1-17-4-5-26(18(2)12-17)42-16-20(38)15-33-23-6-9-32-29(39)27(23)28-34-24-13-21-22(14-25(24)35-28)31(41)37(30(21)40)19-7-10-36(3)11-8-19/h4-6,9,12-14,19-20,38H,7-8,10-11,15-16H2,1-3H3,(H,34,35)(H2,32,33,39)/t20-/m1/s1. The fraction of sp³-hybridized carbons (Fsp3) is 0.355. The minimum atomic E-state index is -0.846. The SMILES string of the molecule is Cc1ccc(OC[C@H](O)CNc2cc[nH]c(=O)c2-c2nc3cc4c(cc3[nH]2)C(=O)N(C2CCN(C)CC2)C4=O)c(C)c1. The van der Waals surface area contributed by atoms with Gasteiger partial charge in [0.2, 0.25) is 0 Å². The van der Waals surface area contributed by atoms with E-state index < -0.39 is 6.10 Å². The van der Waals surface area contributed by atoms with Crippen LogP contribution in [0.4, 0.5) is 5.69 Å². The van der Waals surface area contributed by atoms with E-state index in [0.717, 1.165) is 37.1 Å². The van der Waals surface area contributed by atoms with Gasteiger partial charge < -0.3 is 30.0 Å². The fourth-order valence-corrected chi connectivity index (χ4v) is 5.76. The number of H-pyrrole nitrogens is 2. The number of nitrogens with one attached hydrogen (secondary N) is 3. The van der Waals surface area contributed by atoms with Gasteiger partial charge in [-0.3, -0.25) is 19.3 Å². The summed E-state index contributed by atoms with van der Waals surface area (Å²) in [6, 6.07) is 10.7. The van der Waals surface area contributed by atoms with Crippen LogP contribution in [0.15, 0.2) is 47.4 Å². The van der Waals surface area contributed by atoms with Crippen molar-refractivity contribution in [2.24, 2.45) is 0 Å². The predicted molar refractivity (Wildman–Crippen MR) is 159 cm³/mol. The summed E-state index contributed by atoms with van der Waals surface area (Å²) in [6.07, 6.45) is 2.17. The molecule has 0 radical (unpaired) electrons. The number of rotatable bonds is 8. The first-order valence-electron chi connectivity index (χ1n) is 14.1. The maximum atomic E-state index is 13.3. The van der Waals surface area contributed by atoms with Crippen LogP contribution in [0.25, 0.3) is 22.4 Å². The molecule has 11 heteroatoms. The van der Waals surface area contributed by atoms with Crippen LogP contribution in [0.3, 0.4) is 0 Å². The van der Waals surface area contributed by atoms with Crippen molar-refractivity contribution in [2.75, 3.05) is 38.6 Å². The Morgan fingerprint density at radius 3 is 2.55 bits per heavy atom. The minimum absolute atomic E-state index is 0.0717. The number of carbonyl (C=O) groups excluding carboxylic acids is 2. The van der Waals surface area contributed by atoms with Crippen molar-refractivity contribution in [2.45, 2.75) is 38.8 Å². The monoisotopic (exact) mass is 570 g/mol. The number of aromatic nitrogens is 3. The molecule has 0 bridgehead atoms. The number of ether oxygens (including phenoxy) is 1. The van der Waals surface area contributed by atoms with Crippen molar-refractivity contribution in [1.29, 1.82) is 0 Å². The van der Waals surface area contributed by atoms with E-state index in [4.69, 9.17) is 4.74 Å². The number of likely N-dealkylation sites (tertiary alicyclic amines) is 1. The Bertz CT molecular complexity index is 1680. The normalized spacial score (nSPS) is 16.7. The molecule has 1 atom stereocenters. The lowest BCUT2D eigenvalue weighted by Gasteiger charge is -2.33. The van der Waals surface area contributed by atoms with Crippen LogP contribution in [-0.4, -0.2) is 87.1 Å². The number of imide groups is 1. The van der Waals surface area contributed by atoms with Crippen molar-refractivity contribution in [3.8, 4) is 17.1 Å². The third-order valence-corrected chi connectivity index (χ3v) is 8.06. The Kier molecular flexibility index (Phi) is 7.29. The van der Waals surface area contributed by atoms with E-state index in [1.165, 1.54) is 11.1 Å². The third-order valence-electron chi connectivity index (χ3n) is 8.06. The van der Waals surface area contributed by atoms with Crippen LogP contribution in [0.5, 0.6) is 5.75 Å². The molecule has 1 fully saturated rings. The number of anilines is 1. The second-order valence-corrected chi connectivity index (χ2v) is 11.2. The highest BCUT2D eigenvalue weighted by molar-refractivity contribution is 6.23. The summed E-state index contributed by atoms with van der Waals surface area (Å²) in [7, 11) is 2.03. The molecular formula is C31H34N6O5. The second kappa shape index (κ2) is 11.1. The van der Waals surface area contributed by atoms with Gasteiger partial charge in [0.25, 0.3) is 17.4 Å². The quantitative estimate of drug-likeness (QED) is 0.237. The van der Waals surface area contributed by atoms with Crippen LogP contribution in [0.2, 0.25) is 0 Å². The molecule has 42 heavy (non-hydrogen) atoms. The largest absolute Gasteiger partial charge is 0.491 e. The Labute approximate surface area is 242 Å². The smallest absolute Gasteiger partial charge is 0.261 e. The van der Waals surface area contributed by atoms with Gasteiger partial charge in [-0.05, 0) is 76.7 Å². The molecule has 11 nitrogen and oxygen atoms in total. The summed E-state index contributed by atoms with van der Waals surface area (Å²) < 4.78 is 5.79. The number of piperidine rings is 1. The summed E-state index contributed by atoms with van der Waals surface area (Å²) in [6.45, 7) is 5.83. The lowest BCUT2D eigenvalue weighted by atomic mass is 10.0. The molecule has 2 amide bonds. The molecule has 2 aromatic carbocycles. The van der Waals surface area contributed by atoms with Crippen LogP contribution in [0.1, 0.15) is 44.7 Å². The van der Waals surface area contributed by atoms with Gasteiger partial charge in [0, 0.05) is 18.8 Å². The topological polar surface area (TPSA) is 144 Å². The molecule has 2 aromatic heterocycles. The Morgan fingerprint density at radius 1 is 1.07 bits per heavy atom. The number of carbonyl (C=O) groups is 2. The van der Waals surface area contributed by atoms with Gasteiger partial charge in [-0.15, -0.1) is 0 Å². The zero-order valence-electron chi connectivity index (χ0n) is 23.9. The zero-order chi connectivity index (χ0) is 29.5. The highest BCUT2D eigenvalue weighted by Gasteiger charge is 2.41. The van der Waals surface area contributed by atoms with E-state index >= 15 is 0 Å². The first kappa shape index (κ1) is 27.7. The van der Waals surface area contributed by atoms with Crippen LogP contribution >= 0.6 is 0 Å². The molecular weight excluding hydrogens is 536 g/mol. The Balaban J connectivity index is 1.20. The predicted octanol–water partition coefficient (Wildman–Crippen LogP) is 3.08. The number of benzene rings is 2. The summed E-state index contributed by atoms with van der Waals surface area (Å²) in [5.74, 6) is 0.399. The number of aliphatic hydroxyl groups is 1. The average molecular weight is 571 g/mol. The van der Waals surface area contributed by atoms with Crippen molar-refractivity contribution >= 4 is 28.5 Å². The summed E-state index contributed by atoms with van der Waals surface area (Å²) >= 11 is 0. The highest BCUT2D eigenvalue weighted by atomic mass is 16.5. The van der Waals surface area contributed by atoms with E-state index in [0.29, 0.717) is 33.6 Å². The number of amides is 2. The summed E-state index contributed by atoms with van der Waals surface area (Å²) in [5, 5.41) is 13.7. The van der Waals surface area contributed by atoms with Gasteiger partial charge in [0.1, 0.15) is 29.8 Å². The van der Waals surface area contributed by atoms with Gasteiger partial charge in [0.15, 0.2) is 0 Å². The summed E-state index contributed by atoms with van der Waals surface area (Å²) in [5.41, 5.74) is 4.16. The molecule has 2 aliphatic rings. The molecule has 218 valence electrons. The first-order valence-corrected chi connectivity index (χ1v) is 14.1. The fourth-order valence-electron chi connectivity index (χ4n) is 5.76. The highest BCUT2D eigenvalue weighted by Crippen LogP contribution is 2.32. The molecule has 0 spiro atoms. The zero-order valence-corrected chi connectivity index (χ0v) is 23.9. The molecule has 4 aromatic rings. The van der Waals surface area contributed by atoms with Crippen LogP contribution in [-0.2, 0) is 0 Å². The van der Waals surface area contributed by atoms with Gasteiger partial charge in [-0.25, -0.2) is 4.98 Å². The number of aromatic amines is 2. The number of pyridine rings is 1. The lowest BCUT2D eigenvalue weighted by molar-refractivity contribution is 0.0516. The lowest BCUT2D eigenvalue weighted by Crippen LogP contribution is -2.46. The van der Waals surface area contributed by atoms with Crippen molar-refractivity contribution < 1.29 is 19.4 Å². The Hall–Kier alpha value is -4.48.